The summed E-state index contributed by atoms with van der Waals surface area (Å²) < 4.78 is 6.63. The van der Waals surface area contributed by atoms with Crippen LogP contribution >= 0.6 is 0 Å². The Bertz CT molecular complexity index is 398. The summed E-state index contributed by atoms with van der Waals surface area (Å²) in [4.78, 5) is 24.6. The van der Waals surface area contributed by atoms with Crippen LogP contribution in [0.4, 0.5) is 0 Å². The maximum Gasteiger partial charge on any atom is 0.325 e. The van der Waals surface area contributed by atoms with Crippen molar-refractivity contribution < 1.29 is 14.3 Å². The Morgan fingerprint density at radius 3 is 2.71 bits per heavy atom. The van der Waals surface area contributed by atoms with Crippen LogP contribution in [0, 0.1) is 0 Å². The van der Waals surface area contributed by atoms with Crippen molar-refractivity contribution in [1.29, 1.82) is 0 Å². The van der Waals surface area contributed by atoms with Crippen LogP contribution in [0.3, 0.4) is 0 Å². The maximum atomic E-state index is 12.0. The summed E-state index contributed by atoms with van der Waals surface area (Å²) in [5, 5.41) is 0. The van der Waals surface area contributed by atoms with Crippen LogP contribution in [0.2, 0.25) is 0 Å². The third-order valence-electron chi connectivity index (χ3n) is 2.41. The normalized spacial score (nSPS) is 10.1. The number of likely N-dealkylation sites (N-methyl/N-ethyl adjacent to an activating group) is 1. The number of nitrogens with zero attached hydrogens (tertiary/aromatic N) is 2. The van der Waals surface area contributed by atoms with Crippen molar-refractivity contribution in [1.82, 2.24) is 9.47 Å². The molecule has 0 atom stereocenters. The van der Waals surface area contributed by atoms with Gasteiger partial charge in [0.15, 0.2) is 0 Å². The molecular weight excluding hydrogens is 220 g/mol. The highest BCUT2D eigenvalue weighted by Gasteiger charge is 2.17. The zero-order valence-electron chi connectivity index (χ0n) is 10.5. The average Bonchev–Trinajstić information content (AvgIpc) is 2.76. The van der Waals surface area contributed by atoms with Crippen LogP contribution in [0.1, 0.15) is 24.3 Å². The summed E-state index contributed by atoms with van der Waals surface area (Å²) >= 11 is 0. The molecule has 0 radical (unpaired) electrons. The van der Waals surface area contributed by atoms with Gasteiger partial charge in [0.2, 0.25) is 0 Å². The van der Waals surface area contributed by atoms with Crippen molar-refractivity contribution in [2.24, 2.45) is 0 Å². The molecule has 17 heavy (non-hydrogen) atoms. The highest BCUT2D eigenvalue weighted by atomic mass is 16.5. The van der Waals surface area contributed by atoms with Crippen LogP contribution < -0.4 is 0 Å². The van der Waals surface area contributed by atoms with Crippen molar-refractivity contribution in [3.63, 3.8) is 0 Å². The molecule has 1 amide bonds. The van der Waals surface area contributed by atoms with Crippen molar-refractivity contribution in [3.8, 4) is 0 Å². The molecule has 5 nitrogen and oxygen atoms in total. The summed E-state index contributed by atoms with van der Waals surface area (Å²) in [5.41, 5.74) is 0.583. The molecule has 0 aliphatic heterocycles. The highest BCUT2D eigenvalue weighted by Crippen LogP contribution is 2.05. The zero-order chi connectivity index (χ0) is 12.8. The number of amides is 1. The Morgan fingerprint density at radius 1 is 1.41 bits per heavy atom. The molecule has 5 heteroatoms. The molecule has 1 aromatic heterocycles. The smallest absolute Gasteiger partial charge is 0.325 e. The Labute approximate surface area is 101 Å². The van der Waals surface area contributed by atoms with E-state index in [2.05, 4.69) is 0 Å². The average molecular weight is 238 g/mol. The number of aryl methyl sites for hydroxylation is 1. The molecule has 0 unspecified atom stereocenters. The molecule has 0 saturated heterocycles. The molecular formula is C12H18N2O3. The van der Waals surface area contributed by atoms with Gasteiger partial charge in [0.25, 0.3) is 5.91 Å². The summed E-state index contributed by atoms with van der Waals surface area (Å²) in [7, 11) is 1.59. The minimum atomic E-state index is -0.391. The fraction of sp³-hybridized carbons (Fsp3) is 0.500. The first kappa shape index (κ1) is 13.3. The topological polar surface area (TPSA) is 51.5 Å². The quantitative estimate of drug-likeness (QED) is 0.723. The molecule has 0 aliphatic rings. The second-order valence-electron chi connectivity index (χ2n) is 3.65. The van der Waals surface area contributed by atoms with Gasteiger partial charge < -0.3 is 14.2 Å². The minimum absolute atomic E-state index is 0.0262. The molecule has 1 heterocycles. The first-order chi connectivity index (χ1) is 8.10. The summed E-state index contributed by atoms with van der Waals surface area (Å²) in [6.07, 6.45) is 1.84. The Morgan fingerprint density at radius 2 is 2.12 bits per heavy atom. The zero-order valence-corrected chi connectivity index (χ0v) is 10.5. The lowest BCUT2D eigenvalue weighted by atomic mass is 10.3. The lowest BCUT2D eigenvalue weighted by Crippen LogP contribution is -2.34. The lowest BCUT2D eigenvalue weighted by Gasteiger charge is -2.16. The summed E-state index contributed by atoms with van der Waals surface area (Å²) in [5.74, 6) is -0.567. The maximum absolute atomic E-state index is 12.0. The Kier molecular flexibility index (Phi) is 4.75. The second-order valence-corrected chi connectivity index (χ2v) is 3.65. The van der Waals surface area contributed by atoms with Crippen molar-refractivity contribution in [2.75, 3.05) is 20.2 Å². The van der Waals surface area contributed by atoms with Gasteiger partial charge in [0, 0.05) is 19.8 Å². The van der Waals surface area contributed by atoms with Gasteiger partial charge >= 0.3 is 5.97 Å². The van der Waals surface area contributed by atoms with E-state index in [9.17, 15) is 9.59 Å². The predicted molar refractivity (Wildman–Crippen MR) is 63.7 cm³/mol. The fourth-order valence-corrected chi connectivity index (χ4v) is 1.55. The van der Waals surface area contributed by atoms with Gasteiger partial charge in [-0.2, -0.15) is 0 Å². The highest BCUT2D eigenvalue weighted by molar-refractivity contribution is 5.94. The van der Waals surface area contributed by atoms with Gasteiger partial charge in [-0.3, -0.25) is 9.59 Å². The Balaban J connectivity index is 2.67. The van der Waals surface area contributed by atoms with Crippen molar-refractivity contribution in [2.45, 2.75) is 20.4 Å². The van der Waals surface area contributed by atoms with E-state index in [-0.39, 0.29) is 12.5 Å². The van der Waals surface area contributed by atoms with E-state index in [1.165, 1.54) is 4.90 Å². The molecule has 0 bridgehead atoms. The molecule has 1 aromatic rings. The van der Waals surface area contributed by atoms with Crippen LogP contribution in [0.5, 0.6) is 0 Å². The van der Waals surface area contributed by atoms with E-state index in [1.807, 2.05) is 23.8 Å². The first-order valence-corrected chi connectivity index (χ1v) is 5.66. The number of aromatic nitrogens is 1. The van der Waals surface area contributed by atoms with Crippen molar-refractivity contribution >= 4 is 11.9 Å². The fourth-order valence-electron chi connectivity index (χ4n) is 1.55. The number of carbonyl (C=O) groups is 2. The van der Waals surface area contributed by atoms with Gasteiger partial charge in [-0.25, -0.2) is 0 Å². The van der Waals surface area contributed by atoms with E-state index >= 15 is 0 Å². The van der Waals surface area contributed by atoms with Crippen molar-refractivity contribution in [3.05, 3.63) is 24.0 Å². The molecule has 0 spiro atoms. The van der Waals surface area contributed by atoms with Gasteiger partial charge in [0.1, 0.15) is 12.2 Å². The van der Waals surface area contributed by atoms with Crippen LogP contribution in [-0.2, 0) is 16.1 Å². The van der Waals surface area contributed by atoms with Crippen LogP contribution in [0.25, 0.3) is 0 Å². The predicted octanol–water partition coefficient (Wildman–Crippen LogP) is 1.14. The third kappa shape index (κ3) is 3.34. The Hall–Kier alpha value is -1.78. The molecule has 0 N–H and O–H groups in total. The van der Waals surface area contributed by atoms with Gasteiger partial charge in [-0.15, -0.1) is 0 Å². The second kappa shape index (κ2) is 6.08. The van der Waals surface area contributed by atoms with Crippen LogP contribution in [0.15, 0.2) is 18.3 Å². The molecule has 1 rings (SSSR count). The standard InChI is InChI=1S/C12H18N2O3/c1-4-14-8-6-7-10(14)12(16)13(3)9-11(15)17-5-2/h6-8H,4-5,9H2,1-3H3. The number of ether oxygens (including phenoxy) is 1. The summed E-state index contributed by atoms with van der Waals surface area (Å²) in [6.45, 7) is 4.72. The third-order valence-corrected chi connectivity index (χ3v) is 2.41. The van der Waals surface area contributed by atoms with E-state index in [0.29, 0.717) is 12.3 Å². The van der Waals surface area contributed by atoms with Gasteiger partial charge in [-0.1, -0.05) is 0 Å². The SMILES string of the molecule is CCOC(=O)CN(C)C(=O)c1cccn1CC. The number of hydrogen-bond acceptors (Lipinski definition) is 3. The first-order valence-electron chi connectivity index (χ1n) is 5.66. The lowest BCUT2D eigenvalue weighted by molar-refractivity contribution is -0.143. The van der Waals surface area contributed by atoms with E-state index in [4.69, 9.17) is 4.74 Å². The molecule has 0 aromatic carbocycles. The largest absolute Gasteiger partial charge is 0.465 e. The molecule has 0 fully saturated rings. The monoisotopic (exact) mass is 238 g/mol. The summed E-state index contributed by atoms with van der Waals surface area (Å²) in [6, 6.07) is 3.56. The molecule has 0 saturated carbocycles. The minimum Gasteiger partial charge on any atom is -0.465 e. The number of hydrogen-bond donors (Lipinski definition) is 0. The van der Waals surface area contributed by atoms with Gasteiger partial charge in [0.05, 0.1) is 6.61 Å². The van der Waals surface area contributed by atoms with Crippen LogP contribution in [-0.4, -0.2) is 41.5 Å². The molecule has 0 aliphatic carbocycles. The molecule has 94 valence electrons. The number of rotatable bonds is 5. The van der Waals surface area contributed by atoms with E-state index in [1.54, 1.807) is 20.0 Å². The number of carbonyl (C=O) groups excluding carboxylic acids is 2. The number of esters is 1. The van der Waals surface area contributed by atoms with E-state index in [0.717, 1.165) is 6.54 Å². The van der Waals surface area contributed by atoms with E-state index < -0.39 is 5.97 Å². The van der Waals surface area contributed by atoms with Gasteiger partial charge in [-0.05, 0) is 26.0 Å².